The topological polar surface area (TPSA) is 9.86 Å². The van der Waals surface area contributed by atoms with Crippen molar-refractivity contribution in [2.24, 2.45) is 11.8 Å². The molecule has 0 bridgehead atoms. The standard InChI is InChI=1S/C40H28N2/c1-2-15-28(16-3-1)41-37-24-8-6-18-30(37)32-20-11-22-34(39(32)41)35-23-12-21-33-31-19-7-9-25-38(31)42(40(33)35)36-26-10-14-27-13-4-5-17-29(27)36/h1-27,29H. The van der Waals surface area contributed by atoms with Crippen molar-refractivity contribution in [3.63, 3.8) is 0 Å². The first kappa shape index (κ1) is 23.4. The summed E-state index contributed by atoms with van der Waals surface area (Å²) >= 11 is 0. The van der Waals surface area contributed by atoms with Gasteiger partial charge in [-0.25, -0.2) is 0 Å². The maximum Gasteiger partial charge on any atom is 0.0620 e. The molecule has 5 aromatic carbocycles. The summed E-state index contributed by atoms with van der Waals surface area (Å²) in [5, 5.41) is 5.11. The van der Waals surface area contributed by atoms with E-state index in [9.17, 15) is 0 Å². The summed E-state index contributed by atoms with van der Waals surface area (Å²) in [6.07, 6.45) is 15.9. The zero-order chi connectivity index (χ0) is 27.6. The number of hydrogen-bond donors (Lipinski definition) is 0. The Morgan fingerprint density at radius 1 is 0.429 bits per heavy atom. The van der Waals surface area contributed by atoms with E-state index < -0.39 is 0 Å². The molecule has 9 rings (SSSR count). The van der Waals surface area contributed by atoms with Gasteiger partial charge < -0.3 is 9.13 Å². The number of hydrogen-bond acceptors (Lipinski definition) is 0. The maximum absolute atomic E-state index is 2.54. The highest BCUT2D eigenvalue weighted by molar-refractivity contribution is 6.19. The molecule has 2 heteroatoms. The summed E-state index contributed by atoms with van der Waals surface area (Å²) in [7, 11) is 0. The van der Waals surface area contributed by atoms with Crippen molar-refractivity contribution in [1.82, 2.24) is 9.13 Å². The van der Waals surface area contributed by atoms with Gasteiger partial charge in [0.05, 0.1) is 22.1 Å². The predicted octanol–water partition coefficient (Wildman–Crippen LogP) is 10.3. The van der Waals surface area contributed by atoms with Crippen molar-refractivity contribution in [2.45, 2.75) is 0 Å². The van der Waals surface area contributed by atoms with Crippen LogP contribution >= 0.6 is 0 Å². The van der Waals surface area contributed by atoms with Crippen LogP contribution in [0.4, 0.5) is 0 Å². The second-order valence-corrected chi connectivity index (χ2v) is 11.3. The minimum atomic E-state index is 0.290. The molecule has 2 atom stereocenters. The Morgan fingerprint density at radius 2 is 0.976 bits per heavy atom. The summed E-state index contributed by atoms with van der Waals surface area (Å²) in [6, 6.07) is 42.0. The normalized spacial score (nSPS) is 17.9. The van der Waals surface area contributed by atoms with Crippen LogP contribution < -0.4 is 0 Å². The van der Waals surface area contributed by atoms with Crippen molar-refractivity contribution < 1.29 is 0 Å². The third-order valence-electron chi connectivity index (χ3n) is 9.07. The van der Waals surface area contributed by atoms with Gasteiger partial charge in [0.25, 0.3) is 0 Å². The quantitative estimate of drug-likeness (QED) is 0.213. The van der Waals surface area contributed by atoms with Gasteiger partial charge in [0.2, 0.25) is 0 Å². The molecule has 2 aliphatic carbocycles. The first-order valence-electron chi connectivity index (χ1n) is 14.7. The van der Waals surface area contributed by atoms with Crippen molar-refractivity contribution in [3.8, 4) is 16.8 Å². The Kier molecular flexibility index (Phi) is 5.06. The Morgan fingerprint density at radius 3 is 1.69 bits per heavy atom. The average Bonchev–Trinajstić information content (AvgIpc) is 3.58. The molecule has 2 nitrogen and oxygen atoms in total. The smallest absolute Gasteiger partial charge is 0.0620 e. The SMILES string of the molecule is C1=CC2C=CC=C(n3c4ccccc4c4cccc(-c5cccc6c7ccccc7n(-c7ccccc7)c56)c43)C2C=C1. The Hall–Kier alpha value is -5.34. The van der Waals surface area contributed by atoms with E-state index in [-0.39, 0.29) is 0 Å². The number of allylic oxidation sites excluding steroid dienone is 8. The molecule has 0 amide bonds. The second-order valence-electron chi connectivity index (χ2n) is 11.3. The lowest BCUT2D eigenvalue weighted by Gasteiger charge is -2.29. The number of benzene rings is 5. The van der Waals surface area contributed by atoms with Crippen LogP contribution in [0.25, 0.3) is 66.1 Å². The molecule has 0 N–H and O–H groups in total. The van der Waals surface area contributed by atoms with Gasteiger partial charge in [-0.15, -0.1) is 0 Å². The Bertz CT molecular complexity index is 2300. The monoisotopic (exact) mass is 536 g/mol. The van der Waals surface area contributed by atoms with E-state index in [2.05, 4.69) is 167 Å². The molecule has 2 heterocycles. The molecule has 2 aliphatic rings. The summed E-state index contributed by atoms with van der Waals surface area (Å²) in [4.78, 5) is 0. The fourth-order valence-electron chi connectivity index (χ4n) is 7.31. The largest absolute Gasteiger partial charge is 0.312 e. The third kappa shape index (κ3) is 3.27. The molecular formula is C40H28N2. The van der Waals surface area contributed by atoms with Crippen LogP contribution in [0.5, 0.6) is 0 Å². The highest BCUT2D eigenvalue weighted by atomic mass is 15.0. The lowest BCUT2D eigenvalue weighted by Crippen LogP contribution is -2.18. The van der Waals surface area contributed by atoms with Gasteiger partial charge in [-0.2, -0.15) is 0 Å². The number of para-hydroxylation sites is 5. The van der Waals surface area contributed by atoms with E-state index >= 15 is 0 Å². The molecule has 2 aromatic heterocycles. The molecule has 0 spiro atoms. The highest BCUT2D eigenvalue weighted by Crippen LogP contribution is 2.45. The van der Waals surface area contributed by atoms with E-state index in [1.54, 1.807) is 0 Å². The molecular weight excluding hydrogens is 508 g/mol. The zero-order valence-corrected chi connectivity index (χ0v) is 23.1. The predicted molar refractivity (Wildman–Crippen MR) is 178 cm³/mol. The lowest BCUT2D eigenvalue weighted by atomic mass is 9.82. The summed E-state index contributed by atoms with van der Waals surface area (Å²) in [5.74, 6) is 0.654. The molecule has 0 saturated heterocycles. The average molecular weight is 537 g/mol. The van der Waals surface area contributed by atoms with Gasteiger partial charge in [-0.1, -0.05) is 127 Å². The van der Waals surface area contributed by atoms with Crippen LogP contribution in [0.3, 0.4) is 0 Å². The van der Waals surface area contributed by atoms with Gasteiger partial charge >= 0.3 is 0 Å². The number of rotatable bonds is 3. The van der Waals surface area contributed by atoms with E-state index in [0.717, 1.165) is 0 Å². The van der Waals surface area contributed by atoms with Gasteiger partial charge in [0.15, 0.2) is 0 Å². The Balaban J connectivity index is 1.43. The molecule has 0 aliphatic heterocycles. The molecule has 0 radical (unpaired) electrons. The fraction of sp³-hybridized carbons (Fsp3) is 0.0500. The van der Waals surface area contributed by atoms with E-state index in [4.69, 9.17) is 0 Å². The van der Waals surface area contributed by atoms with Crippen LogP contribution in [0.1, 0.15) is 0 Å². The molecule has 0 saturated carbocycles. The molecule has 7 aromatic rings. The summed E-state index contributed by atoms with van der Waals surface area (Å²) < 4.78 is 4.98. The van der Waals surface area contributed by atoms with E-state index in [1.807, 2.05) is 0 Å². The summed E-state index contributed by atoms with van der Waals surface area (Å²) in [6.45, 7) is 0. The van der Waals surface area contributed by atoms with Gasteiger partial charge in [0.1, 0.15) is 0 Å². The fourth-order valence-corrected chi connectivity index (χ4v) is 7.31. The second kappa shape index (κ2) is 9.09. The third-order valence-corrected chi connectivity index (χ3v) is 9.07. The molecule has 2 unspecified atom stereocenters. The molecule has 0 fully saturated rings. The number of fused-ring (bicyclic) bond motifs is 7. The Labute approximate surface area is 244 Å². The van der Waals surface area contributed by atoms with Crippen LogP contribution in [-0.2, 0) is 0 Å². The van der Waals surface area contributed by atoms with Gasteiger partial charge in [0, 0.05) is 55.9 Å². The van der Waals surface area contributed by atoms with E-state index in [0.29, 0.717) is 11.8 Å². The maximum atomic E-state index is 2.54. The highest BCUT2D eigenvalue weighted by Gasteiger charge is 2.28. The van der Waals surface area contributed by atoms with Crippen molar-refractivity contribution in [3.05, 3.63) is 158 Å². The van der Waals surface area contributed by atoms with Crippen LogP contribution in [0.2, 0.25) is 0 Å². The van der Waals surface area contributed by atoms with Crippen molar-refractivity contribution in [2.75, 3.05) is 0 Å². The van der Waals surface area contributed by atoms with Gasteiger partial charge in [-0.05, 0) is 30.3 Å². The minimum Gasteiger partial charge on any atom is -0.312 e. The summed E-state index contributed by atoms with van der Waals surface area (Å²) in [5.41, 5.74) is 9.95. The molecule has 42 heavy (non-hydrogen) atoms. The number of nitrogens with zero attached hydrogens (tertiary/aromatic N) is 2. The lowest BCUT2D eigenvalue weighted by molar-refractivity contribution is 0.655. The first-order valence-corrected chi connectivity index (χ1v) is 14.7. The van der Waals surface area contributed by atoms with Crippen LogP contribution in [0.15, 0.2) is 158 Å². The van der Waals surface area contributed by atoms with Gasteiger partial charge in [-0.3, -0.25) is 0 Å². The minimum absolute atomic E-state index is 0.290. The van der Waals surface area contributed by atoms with Crippen molar-refractivity contribution in [1.29, 1.82) is 0 Å². The van der Waals surface area contributed by atoms with Crippen LogP contribution in [-0.4, -0.2) is 9.13 Å². The molecule has 198 valence electrons. The van der Waals surface area contributed by atoms with Crippen molar-refractivity contribution >= 4 is 49.3 Å². The first-order chi connectivity index (χ1) is 20.9. The van der Waals surface area contributed by atoms with Crippen LogP contribution in [0, 0.1) is 11.8 Å². The zero-order valence-electron chi connectivity index (χ0n) is 23.1. The number of aromatic nitrogens is 2. The van der Waals surface area contributed by atoms with E-state index in [1.165, 1.54) is 66.1 Å².